The molecule has 0 saturated carbocycles. The third kappa shape index (κ3) is 3.07. The van der Waals surface area contributed by atoms with Gasteiger partial charge in [-0.1, -0.05) is 28.9 Å². The number of aromatic nitrogens is 2. The summed E-state index contributed by atoms with van der Waals surface area (Å²) in [4.78, 5) is 18.3. The van der Waals surface area contributed by atoms with Crippen molar-refractivity contribution in [2.24, 2.45) is 0 Å². The largest absolute Gasteiger partial charge is 0.451 e. The van der Waals surface area contributed by atoms with Crippen LogP contribution in [-0.2, 0) is 24.2 Å². The SMILES string of the molecule is O=C(OCc1nc(-c2cccc(Cl)c2)no1)c1cc2c(s1)CCC2. The van der Waals surface area contributed by atoms with Gasteiger partial charge in [-0.3, -0.25) is 0 Å². The number of nitrogens with zero attached hydrogens (tertiary/aromatic N) is 2. The summed E-state index contributed by atoms with van der Waals surface area (Å²) in [5.41, 5.74) is 2.02. The number of fused-ring (bicyclic) bond motifs is 1. The van der Waals surface area contributed by atoms with E-state index in [0.717, 1.165) is 18.4 Å². The molecule has 122 valence electrons. The number of esters is 1. The lowest BCUT2D eigenvalue weighted by Gasteiger charge is -1.99. The van der Waals surface area contributed by atoms with Crippen molar-refractivity contribution < 1.29 is 14.1 Å². The van der Waals surface area contributed by atoms with Gasteiger partial charge in [-0.05, 0) is 43.0 Å². The molecule has 3 aromatic rings. The Bertz CT molecular complexity index is 881. The average Bonchev–Trinajstić information content (AvgIpc) is 3.28. The van der Waals surface area contributed by atoms with Gasteiger partial charge in [0, 0.05) is 15.5 Å². The first-order valence-electron chi connectivity index (χ1n) is 7.56. The van der Waals surface area contributed by atoms with E-state index < -0.39 is 0 Å². The number of benzene rings is 1. The van der Waals surface area contributed by atoms with E-state index in [9.17, 15) is 4.79 Å². The first-order valence-corrected chi connectivity index (χ1v) is 8.76. The fourth-order valence-electron chi connectivity index (χ4n) is 2.69. The smallest absolute Gasteiger partial charge is 0.348 e. The van der Waals surface area contributed by atoms with Crippen molar-refractivity contribution in [2.75, 3.05) is 0 Å². The summed E-state index contributed by atoms with van der Waals surface area (Å²) in [6.45, 7) is -0.0467. The van der Waals surface area contributed by atoms with Crippen LogP contribution in [0.2, 0.25) is 5.02 Å². The van der Waals surface area contributed by atoms with E-state index in [1.807, 2.05) is 18.2 Å². The molecule has 0 unspecified atom stereocenters. The summed E-state index contributed by atoms with van der Waals surface area (Å²) in [5.74, 6) is 0.318. The van der Waals surface area contributed by atoms with Crippen LogP contribution in [0.1, 0.15) is 32.4 Å². The number of thiophene rings is 1. The van der Waals surface area contributed by atoms with E-state index >= 15 is 0 Å². The van der Waals surface area contributed by atoms with Crippen molar-refractivity contribution in [1.82, 2.24) is 10.1 Å². The van der Waals surface area contributed by atoms with Gasteiger partial charge in [0.15, 0.2) is 6.61 Å². The fraction of sp³-hybridized carbons (Fsp3) is 0.235. The number of halogens is 1. The maximum Gasteiger partial charge on any atom is 0.348 e. The zero-order chi connectivity index (χ0) is 16.5. The summed E-state index contributed by atoms with van der Waals surface area (Å²) in [6.07, 6.45) is 3.27. The van der Waals surface area contributed by atoms with Gasteiger partial charge in [0.25, 0.3) is 5.89 Å². The van der Waals surface area contributed by atoms with E-state index in [1.54, 1.807) is 12.1 Å². The molecule has 0 radical (unpaired) electrons. The van der Waals surface area contributed by atoms with Gasteiger partial charge in [0.1, 0.15) is 4.88 Å². The standard InChI is InChI=1S/C17H13ClN2O3S/c18-12-5-1-4-11(7-12)16-19-15(23-20-16)9-22-17(21)14-8-10-3-2-6-13(10)24-14/h1,4-5,7-8H,2-3,6,9H2. The van der Waals surface area contributed by atoms with Gasteiger partial charge >= 0.3 is 5.97 Å². The van der Waals surface area contributed by atoms with Crippen LogP contribution in [-0.4, -0.2) is 16.1 Å². The number of ether oxygens (including phenoxy) is 1. The first kappa shape index (κ1) is 15.4. The Morgan fingerprint density at radius 2 is 2.25 bits per heavy atom. The van der Waals surface area contributed by atoms with Crippen LogP contribution in [0, 0.1) is 0 Å². The van der Waals surface area contributed by atoms with Crippen molar-refractivity contribution in [3.05, 3.63) is 56.6 Å². The lowest BCUT2D eigenvalue weighted by molar-refractivity contribution is 0.0435. The zero-order valence-corrected chi connectivity index (χ0v) is 14.2. The summed E-state index contributed by atoms with van der Waals surface area (Å²) < 4.78 is 10.4. The highest BCUT2D eigenvalue weighted by atomic mass is 35.5. The van der Waals surface area contributed by atoms with Crippen LogP contribution in [0.4, 0.5) is 0 Å². The molecule has 2 aromatic heterocycles. The molecule has 0 spiro atoms. The lowest BCUT2D eigenvalue weighted by Crippen LogP contribution is -2.03. The zero-order valence-electron chi connectivity index (χ0n) is 12.6. The van der Waals surface area contributed by atoms with Gasteiger partial charge in [0.2, 0.25) is 5.82 Å². The van der Waals surface area contributed by atoms with Crippen LogP contribution in [0.15, 0.2) is 34.9 Å². The molecule has 1 aromatic carbocycles. The number of carbonyl (C=O) groups excluding carboxylic acids is 1. The minimum absolute atomic E-state index is 0.0467. The second-order valence-corrected chi connectivity index (χ2v) is 7.08. The molecule has 0 saturated heterocycles. The molecular formula is C17H13ClN2O3S. The highest BCUT2D eigenvalue weighted by molar-refractivity contribution is 7.14. The van der Waals surface area contributed by atoms with E-state index in [4.69, 9.17) is 20.9 Å². The van der Waals surface area contributed by atoms with Gasteiger partial charge in [-0.25, -0.2) is 4.79 Å². The molecule has 1 aliphatic rings. The van der Waals surface area contributed by atoms with Crippen molar-refractivity contribution in [3.8, 4) is 11.4 Å². The van der Waals surface area contributed by atoms with E-state index in [2.05, 4.69) is 10.1 Å². The lowest BCUT2D eigenvalue weighted by atomic mass is 10.2. The van der Waals surface area contributed by atoms with Gasteiger partial charge < -0.3 is 9.26 Å². The summed E-state index contributed by atoms with van der Waals surface area (Å²) >= 11 is 7.46. The summed E-state index contributed by atoms with van der Waals surface area (Å²) in [6, 6.07) is 9.09. The topological polar surface area (TPSA) is 65.2 Å². The maximum absolute atomic E-state index is 12.1. The summed E-state index contributed by atoms with van der Waals surface area (Å²) in [5, 5.41) is 4.48. The number of hydrogen-bond acceptors (Lipinski definition) is 6. The Hall–Kier alpha value is -2.18. The van der Waals surface area contributed by atoms with E-state index in [1.165, 1.54) is 28.2 Å². The molecule has 7 heteroatoms. The van der Waals surface area contributed by atoms with Gasteiger partial charge in [-0.2, -0.15) is 4.98 Å². The monoisotopic (exact) mass is 360 g/mol. The van der Waals surface area contributed by atoms with Crippen molar-refractivity contribution >= 4 is 28.9 Å². The number of hydrogen-bond donors (Lipinski definition) is 0. The first-order chi connectivity index (χ1) is 11.7. The number of aryl methyl sites for hydroxylation is 2. The minimum Gasteiger partial charge on any atom is -0.451 e. The van der Waals surface area contributed by atoms with Crippen LogP contribution < -0.4 is 0 Å². The van der Waals surface area contributed by atoms with Crippen molar-refractivity contribution in [3.63, 3.8) is 0 Å². The van der Waals surface area contributed by atoms with Crippen molar-refractivity contribution in [2.45, 2.75) is 25.9 Å². The Morgan fingerprint density at radius 3 is 3.08 bits per heavy atom. The Kier molecular flexibility index (Phi) is 4.08. The molecule has 4 rings (SSSR count). The molecule has 2 heterocycles. The number of rotatable bonds is 4. The third-order valence-corrected chi connectivity index (χ3v) is 5.28. The normalized spacial score (nSPS) is 13.0. The molecule has 0 atom stereocenters. The maximum atomic E-state index is 12.1. The fourth-order valence-corrected chi connectivity index (χ4v) is 4.02. The van der Waals surface area contributed by atoms with Crippen LogP contribution in [0.25, 0.3) is 11.4 Å². The van der Waals surface area contributed by atoms with Crippen LogP contribution >= 0.6 is 22.9 Å². The molecule has 0 fully saturated rings. The number of carbonyl (C=O) groups is 1. The van der Waals surface area contributed by atoms with Crippen LogP contribution in [0.3, 0.4) is 0 Å². The Balaban J connectivity index is 1.41. The highest BCUT2D eigenvalue weighted by Crippen LogP contribution is 2.31. The molecule has 1 aliphatic carbocycles. The third-order valence-electron chi connectivity index (χ3n) is 3.83. The predicted molar refractivity (Wildman–Crippen MR) is 90.2 cm³/mol. The predicted octanol–water partition coefficient (Wildman–Crippen LogP) is 4.30. The second-order valence-electron chi connectivity index (χ2n) is 5.51. The molecule has 0 aliphatic heterocycles. The van der Waals surface area contributed by atoms with E-state index in [0.29, 0.717) is 15.7 Å². The summed E-state index contributed by atoms with van der Waals surface area (Å²) in [7, 11) is 0. The quantitative estimate of drug-likeness (QED) is 0.649. The molecular weight excluding hydrogens is 348 g/mol. The Labute approximate surface area is 147 Å². The molecule has 5 nitrogen and oxygen atoms in total. The molecule has 0 bridgehead atoms. The van der Waals surface area contributed by atoms with E-state index in [-0.39, 0.29) is 18.5 Å². The Morgan fingerprint density at radius 1 is 1.33 bits per heavy atom. The molecule has 0 amide bonds. The minimum atomic E-state index is -0.350. The second kappa shape index (κ2) is 6.37. The van der Waals surface area contributed by atoms with Crippen molar-refractivity contribution in [1.29, 1.82) is 0 Å². The average molecular weight is 361 g/mol. The van der Waals surface area contributed by atoms with Crippen LogP contribution in [0.5, 0.6) is 0 Å². The van der Waals surface area contributed by atoms with Gasteiger partial charge in [-0.15, -0.1) is 11.3 Å². The highest BCUT2D eigenvalue weighted by Gasteiger charge is 2.20. The molecule has 0 N–H and O–H groups in total. The molecule has 24 heavy (non-hydrogen) atoms. The van der Waals surface area contributed by atoms with Gasteiger partial charge in [0.05, 0.1) is 0 Å².